The highest BCUT2D eigenvalue weighted by Gasteiger charge is 2.31. The third-order valence-corrected chi connectivity index (χ3v) is 2.76. The number of hydrogen-bond acceptors (Lipinski definition) is 3. The van der Waals surface area contributed by atoms with E-state index in [0.717, 1.165) is 18.2 Å². The van der Waals surface area contributed by atoms with Crippen LogP contribution in [0.3, 0.4) is 0 Å². The molecule has 0 atom stereocenters. The van der Waals surface area contributed by atoms with Crippen molar-refractivity contribution in [3.05, 3.63) is 23.8 Å². The van der Waals surface area contributed by atoms with Crippen molar-refractivity contribution in [1.29, 1.82) is 0 Å². The monoisotopic (exact) mass is 246 g/mol. The Labute approximate surface area is 96.9 Å². The number of aromatic hydroxyl groups is 1. The van der Waals surface area contributed by atoms with E-state index in [9.17, 15) is 18.3 Å². The summed E-state index contributed by atoms with van der Waals surface area (Å²) in [7, 11) is 0. The summed E-state index contributed by atoms with van der Waals surface area (Å²) in [5.74, 6) is -0.111. The molecule has 17 heavy (non-hydrogen) atoms. The number of rotatable bonds is 1. The summed E-state index contributed by atoms with van der Waals surface area (Å²) in [4.78, 5) is 1.75. The number of benzene rings is 1. The molecular weight excluding hydrogens is 233 g/mol. The van der Waals surface area contributed by atoms with Crippen molar-refractivity contribution in [3.8, 4) is 5.75 Å². The molecule has 0 amide bonds. The van der Waals surface area contributed by atoms with E-state index in [1.807, 2.05) is 0 Å². The Kier molecular flexibility index (Phi) is 3.15. The summed E-state index contributed by atoms with van der Waals surface area (Å²) in [5, 5.41) is 12.7. The minimum Gasteiger partial charge on any atom is -0.506 e. The first-order valence-corrected chi connectivity index (χ1v) is 5.34. The molecule has 1 heterocycles. The lowest BCUT2D eigenvalue weighted by Gasteiger charge is -2.30. The number of nitrogens with zero attached hydrogens (tertiary/aromatic N) is 1. The molecule has 1 fully saturated rings. The Hall–Kier alpha value is -1.43. The van der Waals surface area contributed by atoms with Gasteiger partial charge in [0, 0.05) is 26.2 Å². The lowest BCUT2D eigenvalue weighted by atomic mass is 10.1. The molecule has 3 nitrogen and oxygen atoms in total. The number of alkyl halides is 3. The minimum atomic E-state index is -4.38. The van der Waals surface area contributed by atoms with Gasteiger partial charge < -0.3 is 15.3 Å². The second kappa shape index (κ2) is 4.44. The molecule has 1 aromatic carbocycles. The molecule has 94 valence electrons. The number of hydrogen-bond donors (Lipinski definition) is 2. The number of piperazine rings is 1. The van der Waals surface area contributed by atoms with Gasteiger partial charge in [0.25, 0.3) is 0 Å². The Bertz CT molecular complexity index is 400. The molecule has 0 bridgehead atoms. The Morgan fingerprint density at radius 1 is 1.18 bits per heavy atom. The fourth-order valence-electron chi connectivity index (χ4n) is 1.86. The number of phenolic OH excluding ortho intramolecular Hbond substituents is 1. The molecule has 0 aliphatic carbocycles. The average molecular weight is 246 g/mol. The summed E-state index contributed by atoms with van der Waals surface area (Å²) in [5.41, 5.74) is -0.481. The van der Waals surface area contributed by atoms with Crippen molar-refractivity contribution in [3.63, 3.8) is 0 Å². The predicted octanol–water partition coefficient (Wildman–Crippen LogP) is 1.82. The van der Waals surface area contributed by atoms with Crippen LogP contribution in [-0.4, -0.2) is 31.3 Å². The number of nitrogens with one attached hydrogen (secondary N) is 1. The molecule has 0 saturated carbocycles. The maximum Gasteiger partial charge on any atom is 0.416 e. The van der Waals surface area contributed by atoms with Crippen molar-refractivity contribution in [2.24, 2.45) is 0 Å². The van der Waals surface area contributed by atoms with Crippen LogP contribution in [0.15, 0.2) is 18.2 Å². The first-order chi connectivity index (χ1) is 7.98. The van der Waals surface area contributed by atoms with Gasteiger partial charge in [-0.15, -0.1) is 0 Å². The molecule has 1 saturated heterocycles. The van der Waals surface area contributed by atoms with Gasteiger partial charge in [0.2, 0.25) is 0 Å². The summed E-state index contributed by atoms with van der Waals surface area (Å²) < 4.78 is 37.7. The lowest BCUT2D eigenvalue weighted by Crippen LogP contribution is -2.43. The van der Waals surface area contributed by atoms with E-state index in [1.54, 1.807) is 4.90 Å². The average Bonchev–Trinajstić information content (AvgIpc) is 2.29. The maximum atomic E-state index is 12.6. The van der Waals surface area contributed by atoms with E-state index in [1.165, 1.54) is 0 Å². The second-order valence-corrected chi connectivity index (χ2v) is 3.94. The van der Waals surface area contributed by atoms with E-state index in [4.69, 9.17) is 0 Å². The van der Waals surface area contributed by atoms with E-state index >= 15 is 0 Å². The molecule has 0 aromatic heterocycles. The number of halogens is 3. The van der Waals surface area contributed by atoms with Gasteiger partial charge in [-0.3, -0.25) is 0 Å². The minimum absolute atomic E-state index is 0.111. The van der Waals surface area contributed by atoms with Crippen molar-refractivity contribution in [2.75, 3.05) is 31.1 Å². The van der Waals surface area contributed by atoms with E-state index in [0.29, 0.717) is 26.2 Å². The maximum absolute atomic E-state index is 12.6. The normalized spacial score (nSPS) is 17.2. The molecule has 1 aromatic rings. The van der Waals surface area contributed by atoms with Crippen LogP contribution in [0.25, 0.3) is 0 Å². The van der Waals surface area contributed by atoms with Gasteiger partial charge >= 0.3 is 6.18 Å². The van der Waals surface area contributed by atoms with Gasteiger partial charge in [-0.2, -0.15) is 13.2 Å². The molecule has 0 radical (unpaired) electrons. The predicted molar refractivity (Wildman–Crippen MR) is 58.2 cm³/mol. The first-order valence-electron chi connectivity index (χ1n) is 5.34. The Morgan fingerprint density at radius 2 is 1.82 bits per heavy atom. The van der Waals surface area contributed by atoms with E-state index in [-0.39, 0.29) is 11.4 Å². The summed E-state index contributed by atoms with van der Waals surface area (Å²) in [6.07, 6.45) is -4.38. The van der Waals surface area contributed by atoms with Crippen molar-refractivity contribution >= 4 is 5.69 Å². The number of phenols is 1. The molecule has 2 N–H and O–H groups in total. The van der Waals surface area contributed by atoms with Crippen LogP contribution in [0.2, 0.25) is 0 Å². The first kappa shape index (κ1) is 12.0. The standard InChI is InChI=1S/C11H13F3N2O/c12-11(13,14)8-1-2-10(17)9(7-8)16-5-3-15-4-6-16/h1-2,7,15,17H,3-6H2. The van der Waals surface area contributed by atoms with Gasteiger partial charge in [-0.25, -0.2) is 0 Å². The molecule has 1 aliphatic rings. The van der Waals surface area contributed by atoms with Crippen LogP contribution in [0.5, 0.6) is 5.75 Å². The fourth-order valence-corrected chi connectivity index (χ4v) is 1.86. The van der Waals surface area contributed by atoms with Crippen molar-refractivity contribution in [2.45, 2.75) is 6.18 Å². The molecule has 2 rings (SSSR count). The number of anilines is 1. The molecular formula is C11H13F3N2O. The van der Waals surface area contributed by atoms with Gasteiger partial charge in [-0.1, -0.05) is 0 Å². The molecule has 6 heteroatoms. The quantitative estimate of drug-likeness (QED) is 0.793. The largest absolute Gasteiger partial charge is 0.506 e. The van der Waals surface area contributed by atoms with Crippen molar-refractivity contribution < 1.29 is 18.3 Å². The third kappa shape index (κ3) is 2.63. The van der Waals surface area contributed by atoms with Gasteiger partial charge in [0.15, 0.2) is 0 Å². The van der Waals surface area contributed by atoms with Crippen LogP contribution >= 0.6 is 0 Å². The van der Waals surface area contributed by atoms with Crippen molar-refractivity contribution in [1.82, 2.24) is 5.32 Å². The highest BCUT2D eigenvalue weighted by molar-refractivity contribution is 5.60. The highest BCUT2D eigenvalue weighted by Crippen LogP contribution is 2.36. The summed E-state index contributed by atoms with van der Waals surface area (Å²) in [6.45, 7) is 2.59. The highest BCUT2D eigenvalue weighted by atomic mass is 19.4. The fraction of sp³-hybridized carbons (Fsp3) is 0.455. The Balaban J connectivity index is 2.31. The summed E-state index contributed by atoms with van der Waals surface area (Å²) in [6, 6.07) is 2.99. The van der Waals surface area contributed by atoms with E-state index in [2.05, 4.69) is 5.32 Å². The molecule has 0 spiro atoms. The van der Waals surface area contributed by atoms with Crippen LogP contribution in [-0.2, 0) is 6.18 Å². The third-order valence-electron chi connectivity index (χ3n) is 2.76. The molecule has 0 unspecified atom stereocenters. The molecule has 1 aliphatic heterocycles. The van der Waals surface area contributed by atoms with Crippen LogP contribution in [0.1, 0.15) is 5.56 Å². The van der Waals surface area contributed by atoms with Crippen LogP contribution in [0.4, 0.5) is 18.9 Å². The van der Waals surface area contributed by atoms with Crippen LogP contribution in [0, 0.1) is 0 Å². The zero-order valence-electron chi connectivity index (χ0n) is 9.09. The topological polar surface area (TPSA) is 35.5 Å². The van der Waals surface area contributed by atoms with Gasteiger partial charge in [0.1, 0.15) is 5.75 Å². The Morgan fingerprint density at radius 3 is 2.41 bits per heavy atom. The van der Waals surface area contributed by atoms with E-state index < -0.39 is 11.7 Å². The van der Waals surface area contributed by atoms with Crippen LogP contribution < -0.4 is 10.2 Å². The van der Waals surface area contributed by atoms with Gasteiger partial charge in [-0.05, 0) is 18.2 Å². The second-order valence-electron chi connectivity index (χ2n) is 3.94. The smallest absolute Gasteiger partial charge is 0.416 e. The summed E-state index contributed by atoms with van der Waals surface area (Å²) >= 11 is 0. The zero-order chi connectivity index (χ0) is 12.5. The zero-order valence-corrected chi connectivity index (χ0v) is 9.09. The SMILES string of the molecule is Oc1ccc(C(F)(F)F)cc1N1CCNCC1. The lowest BCUT2D eigenvalue weighted by molar-refractivity contribution is -0.137. The van der Waals surface area contributed by atoms with Gasteiger partial charge in [0.05, 0.1) is 11.3 Å².